The number of methoxy groups -OCH3 is 1. The van der Waals surface area contributed by atoms with E-state index in [1.165, 1.54) is 22.8 Å². The number of carbonyl (C=O) groups is 3. The normalized spacial score (nSPS) is 13.6. The van der Waals surface area contributed by atoms with Crippen molar-refractivity contribution in [1.29, 1.82) is 0 Å². The molecule has 0 bridgehead atoms. The lowest BCUT2D eigenvalue weighted by Gasteiger charge is -2.30. The van der Waals surface area contributed by atoms with Crippen molar-refractivity contribution in [2.24, 2.45) is 0 Å². The van der Waals surface area contributed by atoms with Crippen molar-refractivity contribution in [1.82, 2.24) is 19.8 Å². The van der Waals surface area contributed by atoms with E-state index >= 15 is 0 Å². The average molecular weight is 544 g/mol. The molecule has 11 heteroatoms. The first-order valence-corrected chi connectivity index (χ1v) is 12.8. The van der Waals surface area contributed by atoms with Crippen molar-refractivity contribution in [2.45, 2.75) is 18.8 Å². The average Bonchev–Trinajstić information content (AvgIpc) is 3.39. The van der Waals surface area contributed by atoms with Crippen LogP contribution in [0.25, 0.3) is 10.9 Å². The molecule has 0 aliphatic carbocycles. The highest BCUT2D eigenvalue weighted by atomic mass is 16.5. The van der Waals surface area contributed by atoms with Gasteiger partial charge in [-0.05, 0) is 54.7 Å². The third kappa shape index (κ3) is 5.53. The van der Waals surface area contributed by atoms with Gasteiger partial charge in [0, 0.05) is 55.6 Å². The summed E-state index contributed by atoms with van der Waals surface area (Å²) in [4.78, 5) is 41.8. The van der Waals surface area contributed by atoms with Crippen LogP contribution in [-0.2, 0) is 0 Å². The van der Waals surface area contributed by atoms with Crippen molar-refractivity contribution in [3.05, 3.63) is 78.1 Å². The molecule has 0 radical (unpaired) electrons. The molecule has 3 N–H and O–H groups in total. The van der Waals surface area contributed by atoms with Gasteiger partial charge in [-0.2, -0.15) is 0 Å². The molecule has 3 heterocycles. The number of piperidine rings is 1. The van der Waals surface area contributed by atoms with E-state index in [0.29, 0.717) is 47.2 Å². The van der Waals surface area contributed by atoms with Crippen LogP contribution in [0.1, 0.15) is 34.7 Å². The van der Waals surface area contributed by atoms with E-state index < -0.39 is 6.09 Å². The Bertz CT molecular complexity index is 1560. The van der Waals surface area contributed by atoms with Crippen LogP contribution in [0.2, 0.25) is 0 Å². The van der Waals surface area contributed by atoms with Gasteiger partial charge in [0.15, 0.2) is 11.5 Å². The Morgan fingerprint density at radius 3 is 2.42 bits per heavy atom. The first kappa shape index (κ1) is 26.5. The van der Waals surface area contributed by atoms with Crippen molar-refractivity contribution < 1.29 is 29.0 Å². The fourth-order valence-electron chi connectivity index (χ4n) is 4.85. The van der Waals surface area contributed by atoms with Crippen LogP contribution in [0.15, 0.2) is 67.0 Å². The van der Waals surface area contributed by atoms with Gasteiger partial charge in [-0.15, -0.1) is 0 Å². The maximum Gasteiger partial charge on any atom is 0.407 e. The zero-order chi connectivity index (χ0) is 28.2. The molecule has 206 valence electrons. The number of benzene rings is 2. The van der Waals surface area contributed by atoms with Gasteiger partial charge >= 0.3 is 12.1 Å². The summed E-state index contributed by atoms with van der Waals surface area (Å²) in [7, 11) is 3.08. The van der Waals surface area contributed by atoms with Gasteiger partial charge in [0.25, 0.3) is 5.91 Å². The molecule has 11 nitrogen and oxygen atoms in total. The highest BCUT2D eigenvalue weighted by Crippen LogP contribution is 2.36. The van der Waals surface area contributed by atoms with Crippen molar-refractivity contribution in [3.8, 4) is 17.2 Å². The fraction of sp³-hybridized carbons (Fsp3) is 0.241. The van der Waals surface area contributed by atoms with E-state index in [1.807, 2.05) is 12.1 Å². The van der Waals surface area contributed by atoms with Crippen LogP contribution in [0.3, 0.4) is 0 Å². The molecule has 1 fully saturated rings. The minimum absolute atomic E-state index is 0.266. The summed E-state index contributed by atoms with van der Waals surface area (Å²) in [5.74, 6) is 1.59. The number of aromatic nitrogens is 2. The van der Waals surface area contributed by atoms with Crippen LogP contribution in [0.5, 0.6) is 17.2 Å². The van der Waals surface area contributed by atoms with Gasteiger partial charge in [0.2, 0.25) is 0 Å². The predicted octanol–water partition coefficient (Wildman–Crippen LogP) is 5.13. The molecule has 40 heavy (non-hydrogen) atoms. The molecular weight excluding hydrogens is 514 g/mol. The number of amides is 3. The third-order valence-electron chi connectivity index (χ3n) is 7.02. The number of ether oxygens (including phenoxy) is 2. The second-order valence-corrected chi connectivity index (χ2v) is 9.40. The second kappa shape index (κ2) is 11.4. The third-order valence-corrected chi connectivity index (χ3v) is 7.02. The van der Waals surface area contributed by atoms with E-state index in [4.69, 9.17) is 14.6 Å². The van der Waals surface area contributed by atoms with E-state index in [9.17, 15) is 14.4 Å². The standard InChI is InChI=1S/C29H29N5O6/c1-30-28(36)34-14-10-21-15-25(24(39-2)17-23(21)34)40-22-7-11-31-26(16-22)32-27(35)20-5-3-18(4-6-20)19-8-12-33(13-9-19)29(37)38/h3-7,10-11,14-17,19H,8-9,12-13H2,1-2H3,(H,30,36)(H,37,38)(H,31,32,35). The summed E-state index contributed by atoms with van der Waals surface area (Å²) in [5.41, 5.74) is 2.24. The minimum Gasteiger partial charge on any atom is -0.493 e. The largest absolute Gasteiger partial charge is 0.493 e. The lowest BCUT2D eigenvalue weighted by Crippen LogP contribution is -2.36. The first-order chi connectivity index (χ1) is 19.4. The van der Waals surface area contributed by atoms with Gasteiger partial charge in [0.1, 0.15) is 11.6 Å². The number of hydrogen-bond donors (Lipinski definition) is 3. The van der Waals surface area contributed by atoms with E-state index in [2.05, 4.69) is 15.6 Å². The number of nitrogens with one attached hydrogen (secondary N) is 2. The molecule has 3 amide bonds. The lowest BCUT2D eigenvalue weighted by atomic mass is 9.89. The van der Waals surface area contributed by atoms with Gasteiger partial charge in [0.05, 0.1) is 12.6 Å². The maximum atomic E-state index is 12.9. The summed E-state index contributed by atoms with van der Waals surface area (Å²) in [5, 5.41) is 15.3. The summed E-state index contributed by atoms with van der Waals surface area (Å²) < 4.78 is 13.1. The SMILES string of the molecule is CNC(=O)n1ccc2cc(Oc3ccnc(NC(=O)c4ccc(C5CCN(C(=O)O)CC5)cc4)c3)c(OC)cc21. The number of anilines is 1. The minimum atomic E-state index is -0.883. The van der Waals surface area contributed by atoms with Gasteiger partial charge < -0.3 is 30.1 Å². The quantitative estimate of drug-likeness (QED) is 0.307. The Morgan fingerprint density at radius 1 is 1.00 bits per heavy atom. The number of fused-ring (bicyclic) bond motifs is 1. The summed E-state index contributed by atoms with van der Waals surface area (Å²) in [6.45, 7) is 1.02. The molecule has 0 saturated carbocycles. The molecule has 5 rings (SSSR count). The van der Waals surface area contributed by atoms with Gasteiger partial charge in [-0.25, -0.2) is 14.6 Å². The Hall–Kier alpha value is -5.06. The molecule has 2 aromatic carbocycles. The lowest BCUT2D eigenvalue weighted by molar-refractivity contribution is 0.102. The number of nitrogens with zero attached hydrogens (tertiary/aromatic N) is 3. The topological polar surface area (TPSA) is 135 Å². The number of hydrogen-bond acceptors (Lipinski definition) is 6. The summed E-state index contributed by atoms with van der Waals surface area (Å²) >= 11 is 0. The van der Waals surface area contributed by atoms with Crippen LogP contribution < -0.4 is 20.1 Å². The highest BCUT2D eigenvalue weighted by molar-refractivity contribution is 6.03. The maximum absolute atomic E-state index is 12.9. The van der Waals surface area contributed by atoms with Gasteiger partial charge in [-0.1, -0.05) is 12.1 Å². The van der Waals surface area contributed by atoms with Crippen LogP contribution in [-0.4, -0.2) is 64.8 Å². The first-order valence-electron chi connectivity index (χ1n) is 12.8. The van der Waals surface area contributed by atoms with Crippen LogP contribution >= 0.6 is 0 Å². The van der Waals surface area contributed by atoms with Crippen LogP contribution in [0.4, 0.5) is 15.4 Å². The zero-order valence-electron chi connectivity index (χ0n) is 22.1. The Kier molecular flexibility index (Phi) is 7.54. The van der Waals surface area contributed by atoms with E-state index in [-0.39, 0.29) is 17.9 Å². The summed E-state index contributed by atoms with van der Waals surface area (Å²) in [6.07, 6.45) is 3.83. The number of carboxylic acid groups (broad SMARTS) is 1. The molecule has 4 aromatic rings. The number of likely N-dealkylation sites (tertiary alicyclic amines) is 1. The second-order valence-electron chi connectivity index (χ2n) is 9.40. The number of rotatable bonds is 6. The Morgan fingerprint density at radius 2 is 1.75 bits per heavy atom. The smallest absolute Gasteiger partial charge is 0.407 e. The molecule has 1 aliphatic heterocycles. The predicted molar refractivity (Wildman–Crippen MR) is 149 cm³/mol. The van der Waals surface area contributed by atoms with Crippen molar-refractivity contribution in [2.75, 3.05) is 32.6 Å². The van der Waals surface area contributed by atoms with Crippen LogP contribution in [0, 0.1) is 0 Å². The molecule has 0 unspecified atom stereocenters. The van der Waals surface area contributed by atoms with Crippen molar-refractivity contribution >= 4 is 34.8 Å². The molecule has 0 atom stereocenters. The molecule has 1 saturated heterocycles. The van der Waals surface area contributed by atoms with Crippen molar-refractivity contribution in [3.63, 3.8) is 0 Å². The number of carbonyl (C=O) groups excluding carboxylic acids is 2. The molecular formula is C29H29N5O6. The Labute approximate surface area is 230 Å². The van der Waals surface area contributed by atoms with Gasteiger partial charge in [-0.3, -0.25) is 9.36 Å². The summed E-state index contributed by atoms with van der Waals surface area (Å²) in [6, 6.07) is 15.7. The fourth-order valence-corrected chi connectivity index (χ4v) is 4.85. The molecule has 1 aliphatic rings. The monoisotopic (exact) mass is 543 g/mol. The van der Waals surface area contributed by atoms with E-state index in [0.717, 1.165) is 23.8 Å². The highest BCUT2D eigenvalue weighted by Gasteiger charge is 2.23. The molecule has 0 spiro atoms. The molecule has 2 aromatic heterocycles. The van der Waals surface area contributed by atoms with E-state index in [1.54, 1.807) is 55.7 Å². The number of pyridine rings is 1. The Balaban J connectivity index is 1.26. The zero-order valence-corrected chi connectivity index (χ0v) is 22.1.